The van der Waals surface area contributed by atoms with E-state index in [1.54, 1.807) is 37.3 Å². The summed E-state index contributed by atoms with van der Waals surface area (Å²) in [7, 11) is 6.35. The number of halogens is 1. The molecule has 4 rings (SSSR count). The van der Waals surface area contributed by atoms with Crippen molar-refractivity contribution in [3.63, 3.8) is 0 Å². The molecular formula is C27H29ClN6O4. The summed E-state index contributed by atoms with van der Waals surface area (Å²) < 4.78 is 10.5. The molecule has 198 valence electrons. The molecule has 0 spiro atoms. The Kier molecular flexibility index (Phi) is 8.02. The van der Waals surface area contributed by atoms with Crippen molar-refractivity contribution in [2.45, 2.75) is 13.0 Å². The fourth-order valence-electron chi connectivity index (χ4n) is 4.22. The molecule has 1 aliphatic heterocycles. The van der Waals surface area contributed by atoms with E-state index >= 15 is 0 Å². The Labute approximate surface area is 226 Å². The van der Waals surface area contributed by atoms with Gasteiger partial charge in [-0.15, -0.1) is 0 Å². The molecular weight excluding hydrogens is 508 g/mol. The molecule has 0 saturated carbocycles. The number of hydrogen-bond acceptors (Lipinski definition) is 9. The standard InChI is InChI=1S/C27H29ClN6O4/c1-15-10-21(23(37-4)12-19(15)16-6-8-17(9-7-16)25(35)29-2)32-27-30-13-20(28)24(33-27)31-18-11-22(26(36)38-5)34(3)14-18/h6-13,18H,14H2,1-5H3,(H,29,35)(H2,30,31,32,33). The summed E-state index contributed by atoms with van der Waals surface area (Å²) in [5.74, 6) is 0.801. The highest BCUT2D eigenvalue weighted by Crippen LogP contribution is 2.36. The van der Waals surface area contributed by atoms with E-state index in [0.717, 1.165) is 16.7 Å². The molecule has 3 N–H and O–H groups in total. The number of ether oxygens (including phenoxy) is 2. The van der Waals surface area contributed by atoms with E-state index in [1.165, 1.54) is 13.3 Å². The second-order valence-corrected chi connectivity index (χ2v) is 9.12. The van der Waals surface area contributed by atoms with Gasteiger partial charge in [0, 0.05) is 26.2 Å². The number of aryl methyl sites for hydroxylation is 1. The fraction of sp³-hybridized carbons (Fsp3) is 0.259. The number of carbonyl (C=O) groups is 2. The fourth-order valence-corrected chi connectivity index (χ4v) is 4.36. The average Bonchev–Trinajstić information content (AvgIpc) is 3.29. The first-order valence-electron chi connectivity index (χ1n) is 11.8. The molecule has 38 heavy (non-hydrogen) atoms. The van der Waals surface area contributed by atoms with Gasteiger partial charge in [-0.2, -0.15) is 4.98 Å². The van der Waals surface area contributed by atoms with Crippen molar-refractivity contribution in [1.82, 2.24) is 20.2 Å². The number of methoxy groups -OCH3 is 2. The maximum atomic E-state index is 12.0. The predicted octanol–water partition coefficient (Wildman–Crippen LogP) is 4.00. The summed E-state index contributed by atoms with van der Waals surface area (Å²) in [6.07, 6.45) is 3.29. The highest BCUT2D eigenvalue weighted by atomic mass is 35.5. The maximum Gasteiger partial charge on any atom is 0.354 e. The number of hydrogen-bond donors (Lipinski definition) is 3. The van der Waals surface area contributed by atoms with Crippen LogP contribution in [0.3, 0.4) is 0 Å². The highest BCUT2D eigenvalue weighted by molar-refractivity contribution is 6.32. The lowest BCUT2D eigenvalue weighted by Crippen LogP contribution is -2.27. The van der Waals surface area contributed by atoms with E-state index in [2.05, 4.69) is 25.9 Å². The molecule has 2 aromatic carbocycles. The van der Waals surface area contributed by atoms with Crippen LogP contribution >= 0.6 is 11.6 Å². The molecule has 0 saturated heterocycles. The third-order valence-electron chi connectivity index (χ3n) is 6.18. The third kappa shape index (κ3) is 5.65. The van der Waals surface area contributed by atoms with Crippen molar-refractivity contribution in [2.24, 2.45) is 0 Å². The van der Waals surface area contributed by atoms with Crippen LogP contribution in [0.15, 0.2) is 54.4 Å². The van der Waals surface area contributed by atoms with Crippen LogP contribution in [0.5, 0.6) is 5.75 Å². The molecule has 1 unspecified atom stereocenters. The molecule has 1 amide bonds. The zero-order valence-corrected chi connectivity index (χ0v) is 22.5. The molecule has 1 aromatic heterocycles. The number of nitrogens with zero attached hydrogens (tertiary/aromatic N) is 3. The van der Waals surface area contributed by atoms with Crippen molar-refractivity contribution < 1.29 is 19.1 Å². The minimum absolute atomic E-state index is 0.137. The van der Waals surface area contributed by atoms with E-state index < -0.39 is 5.97 Å². The van der Waals surface area contributed by atoms with Crippen LogP contribution in [0.1, 0.15) is 15.9 Å². The number of anilines is 3. The highest BCUT2D eigenvalue weighted by Gasteiger charge is 2.26. The second kappa shape index (κ2) is 11.4. The number of rotatable bonds is 8. The van der Waals surface area contributed by atoms with Crippen LogP contribution in [-0.4, -0.2) is 67.6 Å². The lowest BCUT2D eigenvalue weighted by atomic mass is 9.98. The van der Waals surface area contributed by atoms with Crippen molar-refractivity contribution in [3.05, 3.63) is 70.5 Å². The summed E-state index contributed by atoms with van der Waals surface area (Å²) >= 11 is 6.36. The van der Waals surface area contributed by atoms with Gasteiger partial charge in [0.2, 0.25) is 5.95 Å². The molecule has 0 radical (unpaired) electrons. The molecule has 11 heteroatoms. The number of carbonyl (C=O) groups excluding carboxylic acids is 2. The summed E-state index contributed by atoms with van der Waals surface area (Å²) in [6.45, 7) is 2.54. The number of aromatic nitrogens is 2. The van der Waals surface area contributed by atoms with Gasteiger partial charge in [0.15, 0.2) is 5.82 Å². The van der Waals surface area contributed by atoms with Crippen LogP contribution in [0.25, 0.3) is 11.1 Å². The first kappa shape index (κ1) is 26.7. The van der Waals surface area contributed by atoms with Gasteiger partial charge in [0.25, 0.3) is 5.91 Å². The average molecular weight is 537 g/mol. The second-order valence-electron chi connectivity index (χ2n) is 8.71. The first-order valence-corrected chi connectivity index (χ1v) is 12.2. The summed E-state index contributed by atoms with van der Waals surface area (Å²) in [6, 6.07) is 11.1. The van der Waals surface area contributed by atoms with E-state index in [0.29, 0.717) is 46.0 Å². The lowest BCUT2D eigenvalue weighted by Gasteiger charge is -2.18. The lowest BCUT2D eigenvalue weighted by molar-refractivity contribution is -0.137. The Morgan fingerprint density at radius 3 is 2.55 bits per heavy atom. The van der Waals surface area contributed by atoms with Crippen LogP contribution in [-0.2, 0) is 9.53 Å². The van der Waals surface area contributed by atoms with Crippen LogP contribution in [0.2, 0.25) is 5.02 Å². The molecule has 2 heterocycles. The Morgan fingerprint density at radius 2 is 1.89 bits per heavy atom. The van der Waals surface area contributed by atoms with Gasteiger partial charge in [0.05, 0.1) is 32.1 Å². The maximum absolute atomic E-state index is 12.0. The summed E-state index contributed by atoms with van der Waals surface area (Å²) in [5, 5.41) is 9.43. The van der Waals surface area contributed by atoms with Gasteiger partial charge in [0.1, 0.15) is 16.5 Å². The Morgan fingerprint density at radius 1 is 1.16 bits per heavy atom. The molecule has 10 nitrogen and oxygen atoms in total. The van der Waals surface area contributed by atoms with Crippen molar-refractivity contribution in [2.75, 3.05) is 45.5 Å². The summed E-state index contributed by atoms with van der Waals surface area (Å²) in [5.41, 5.74) is 4.64. The number of likely N-dealkylation sites (N-methyl/N-ethyl adjacent to an activating group) is 1. The number of nitrogens with one attached hydrogen (secondary N) is 3. The van der Waals surface area contributed by atoms with Crippen molar-refractivity contribution in [1.29, 1.82) is 0 Å². The van der Waals surface area contributed by atoms with Gasteiger partial charge >= 0.3 is 5.97 Å². The zero-order chi connectivity index (χ0) is 27.4. The zero-order valence-electron chi connectivity index (χ0n) is 21.8. The van der Waals surface area contributed by atoms with Gasteiger partial charge in [-0.3, -0.25) is 4.79 Å². The quantitative estimate of drug-likeness (QED) is 0.367. The van der Waals surface area contributed by atoms with E-state index in [-0.39, 0.29) is 11.9 Å². The van der Waals surface area contributed by atoms with Crippen LogP contribution in [0, 0.1) is 6.92 Å². The minimum Gasteiger partial charge on any atom is -0.495 e. The summed E-state index contributed by atoms with van der Waals surface area (Å²) in [4.78, 5) is 34.5. The first-order chi connectivity index (χ1) is 18.2. The van der Waals surface area contributed by atoms with E-state index in [4.69, 9.17) is 21.1 Å². The number of benzene rings is 2. The number of esters is 1. The van der Waals surface area contributed by atoms with E-state index in [9.17, 15) is 9.59 Å². The van der Waals surface area contributed by atoms with Crippen LogP contribution < -0.4 is 20.7 Å². The Bertz CT molecular complexity index is 1390. The number of amides is 1. The van der Waals surface area contributed by atoms with Crippen molar-refractivity contribution in [3.8, 4) is 16.9 Å². The molecule has 3 aromatic rings. The molecule has 1 aliphatic rings. The van der Waals surface area contributed by atoms with Gasteiger partial charge in [-0.25, -0.2) is 9.78 Å². The molecule has 0 bridgehead atoms. The smallest absolute Gasteiger partial charge is 0.354 e. The molecule has 0 fully saturated rings. The van der Waals surface area contributed by atoms with Gasteiger partial charge in [-0.1, -0.05) is 23.7 Å². The van der Waals surface area contributed by atoms with Crippen LogP contribution in [0.4, 0.5) is 17.5 Å². The molecule has 0 aliphatic carbocycles. The monoisotopic (exact) mass is 536 g/mol. The van der Waals surface area contributed by atoms with Gasteiger partial charge in [-0.05, 0) is 54.0 Å². The SMILES string of the molecule is CNC(=O)c1ccc(-c2cc(OC)c(Nc3ncc(Cl)c(NC4C=C(C(=O)OC)N(C)C4)n3)cc2C)cc1. The molecule has 1 atom stereocenters. The topological polar surface area (TPSA) is 118 Å². The predicted molar refractivity (Wildman–Crippen MR) is 147 cm³/mol. The Balaban J connectivity index is 1.56. The van der Waals surface area contributed by atoms with E-state index in [1.807, 2.05) is 38.2 Å². The largest absolute Gasteiger partial charge is 0.495 e. The Hall–Kier alpha value is -4.31. The van der Waals surface area contributed by atoms with Gasteiger partial charge < -0.3 is 30.3 Å². The third-order valence-corrected chi connectivity index (χ3v) is 6.46. The van der Waals surface area contributed by atoms with Crippen molar-refractivity contribution >= 4 is 40.9 Å². The minimum atomic E-state index is -0.402. The normalized spacial score (nSPS) is 14.5.